The highest BCUT2D eigenvalue weighted by atomic mass is 16.6. The average Bonchev–Trinajstić information content (AvgIpc) is 2.65. The summed E-state index contributed by atoms with van der Waals surface area (Å²) in [6.45, 7) is 4.36. The van der Waals surface area contributed by atoms with Crippen molar-refractivity contribution in [3.8, 4) is 0 Å². The first-order chi connectivity index (χ1) is 13.2. The van der Waals surface area contributed by atoms with Gasteiger partial charge in [0, 0.05) is 13.5 Å². The highest BCUT2D eigenvalue weighted by molar-refractivity contribution is 5.66. The molecule has 0 aliphatic rings. The Morgan fingerprint density at radius 1 is 0.852 bits per heavy atom. The normalized spacial score (nSPS) is 12.6. The van der Waals surface area contributed by atoms with Crippen molar-refractivity contribution < 1.29 is 19.4 Å². The first-order valence-electron chi connectivity index (χ1n) is 11.2. The maximum absolute atomic E-state index is 10.8. The van der Waals surface area contributed by atoms with Gasteiger partial charge in [-0.1, -0.05) is 76.9 Å². The van der Waals surface area contributed by atoms with E-state index in [0.29, 0.717) is 6.61 Å². The fraction of sp³-hybridized carbons (Fsp3) is 0.870. The van der Waals surface area contributed by atoms with Crippen LogP contribution in [0.1, 0.15) is 104 Å². The number of esters is 1. The molecule has 0 aliphatic carbocycles. The number of aliphatic hydroxyl groups is 1. The Morgan fingerprint density at radius 2 is 1.37 bits per heavy atom. The van der Waals surface area contributed by atoms with E-state index in [-0.39, 0.29) is 19.2 Å². The summed E-state index contributed by atoms with van der Waals surface area (Å²) >= 11 is 0. The van der Waals surface area contributed by atoms with Gasteiger partial charge in [0.05, 0.1) is 13.2 Å². The molecule has 0 fully saturated rings. The summed E-state index contributed by atoms with van der Waals surface area (Å²) in [5, 5.41) is 9.06. The zero-order chi connectivity index (χ0) is 20.0. The summed E-state index contributed by atoms with van der Waals surface area (Å²) in [7, 11) is 0. The summed E-state index contributed by atoms with van der Waals surface area (Å²) < 4.78 is 10.4. The molecule has 4 heteroatoms. The molecule has 0 saturated heterocycles. The molecule has 0 radical (unpaired) electrons. The lowest BCUT2D eigenvalue weighted by Gasteiger charge is -2.14. The van der Waals surface area contributed by atoms with Gasteiger partial charge in [-0.2, -0.15) is 0 Å². The van der Waals surface area contributed by atoms with E-state index in [9.17, 15) is 4.79 Å². The van der Waals surface area contributed by atoms with Crippen molar-refractivity contribution in [1.82, 2.24) is 0 Å². The molecule has 0 aliphatic heterocycles. The third-order valence-electron chi connectivity index (χ3n) is 4.64. The van der Waals surface area contributed by atoms with E-state index in [1.54, 1.807) is 0 Å². The zero-order valence-corrected chi connectivity index (χ0v) is 17.9. The molecule has 0 aromatic rings. The molecule has 0 bridgehead atoms. The van der Waals surface area contributed by atoms with Crippen LogP contribution in [0.15, 0.2) is 12.2 Å². The molecule has 1 atom stereocenters. The highest BCUT2D eigenvalue weighted by Crippen LogP contribution is 2.10. The quantitative estimate of drug-likeness (QED) is 0.160. The summed E-state index contributed by atoms with van der Waals surface area (Å²) in [5.41, 5.74) is 0. The van der Waals surface area contributed by atoms with Gasteiger partial charge < -0.3 is 14.6 Å². The Labute approximate surface area is 167 Å². The fourth-order valence-corrected chi connectivity index (χ4v) is 3.03. The van der Waals surface area contributed by atoms with Gasteiger partial charge in [0.25, 0.3) is 0 Å². The molecule has 0 aromatic heterocycles. The maximum atomic E-state index is 10.8. The number of ether oxygens (including phenoxy) is 2. The minimum Gasteiger partial charge on any atom is -0.458 e. The molecule has 1 N–H and O–H groups in total. The molecule has 0 amide bonds. The number of aliphatic hydroxyl groups excluding tert-OH is 1. The largest absolute Gasteiger partial charge is 0.458 e. The van der Waals surface area contributed by atoms with E-state index >= 15 is 0 Å². The van der Waals surface area contributed by atoms with Crippen molar-refractivity contribution in [2.24, 2.45) is 0 Å². The van der Waals surface area contributed by atoms with Gasteiger partial charge in [0.1, 0.15) is 6.10 Å². The van der Waals surface area contributed by atoms with Crippen LogP contribution >= 0.6 is 0 Å². The Hall–Kier alpha value is -0.870. The predicted octanol–water partition coefficient (Wildman–Crippen LogP) is 5.96. The second-order valence-corrected chi connectivity index (χ2v) is 7.43. The number of rotatable bonds is 20. The van der Waals surface area contributed by atoms with Crippen molar-refractivity contribution in [3.05, 3.63) is 12.2 Å². The van der Waals surface area contributed by atoms with Crippen LogP contribution in [0.2, 0.25) is 0 Å². The van der Waals surface area contributed by atoms with Crippen LogP contribution < -0.4 is 0 Å². The molecular formula is C23H44O4. The van der Waals surface area contributed by atoms with Crippen molar-refractivity contribution in [1.29, 1.82) is 0 Å². The Bertz CT molecular complexity index is 341. The van der Waals surface area contributed by atoms with Crippen LogP contribution in [0.25, 0.3) is 0 Å². The minimum atomic E-state index is -0.531. The van der Waals surface area contributed by atoms with Gasteiger partial charge in [-0.3, -0.25) is 4.79 Å². The van der Waals surface area contributed by atoms with E-state index in [4.69, 9.17) is 14.6 Å². The van der Waals surface area contributed by atoms with Gasteiger partial charge >= 0.3 is 5.97 Å². The summed E-state index contributed by atoms with van der Waals surface area (Å²) in [6, 6.07) is 0. The van der Waals surface area contributed by atoms with Crippen LogP contribution in [-0.4, -0.2) is 37.0 Å². The van der Waals surface area contributed by atoms with E-state index in [1.807, 2.05) is 0 Å². The van der Waals surface area contributed by atoms with Crippen LogP contribution in [0.4, 0.5) is 0 Å². The van der Waals surface area contributed by atoms with Crippen molar-refractivity contribution >= 4 is 5.97 Å². The molecule has 0 saturated carbocycles. The molecule has 0 rings (SSSR count). The van der Waals surface area contributed by atoms with Crippen LogP contribution in [0.5, 0.6) is 0 Å². The molecule has 0 unspecified atom stereocenters. The van der Waals surface area contributed by atoms with E-state index in [0.717, 1.165) is 6.42 Å². The topological polar surface area (TPSA) is 55.8 Å². The molecule has 0 spiro atoms. The van der Waals surface area contributed by atoms with E-state index in [1.165, 1.54) is 90.4 Å². The summed E-state index contributed by atoms with van der Waals surface area (Å²) in [5.74, 6) is -0.380. The number of hydrogen-bond acceptors (Lipinski definition) is 4. The monoisotopic (exact) mass is 384 g/mol. The Kier molecular flexibility index (Phi) is 20.7. The maximum Gasteiger partial charge on any atom is 0.303 e. The third kappa shape index (κ3) is 21.3. The standard InChI is InChI=1S/C23H44O4/c1-3-4-5-6-7-8-9-10-11-12-13-14-15-16-17-18-19-26-21-23(20-24)27-22(2)25/h10-11,23-24H,3-9,12-21H2,1-2H3/b11-10-/t23-/m0/s1. The lowest BCUT2D eigenvalue weighted by molar-refractivity contribution is -0.152. The zero-order valence-electron chi connectivity index (χ0n) is 17.9. The molecular weight excluding hydrogens is 340 g/mol. The molecule has 0 aromatic carbocycles. The minimum absolute atomic E-state index is 0.188. The number of unbranched alkanes of at least 4 members (excludes halogenated alkanes) is 12. The SMILES string of the molecule is CCCCCCCC/C=C\CCCCCCCCOC[C@H](CO)OC(C)=O. The lowest BCUT2D eigenvalue weighted by atomic mass is 10.1. The summed E-state index contributed by atoms with van der Waals surface area (Å²) in [6.07, 6.45) is 22.3. The molecule has 160 valence electrons. The number of hydrogen-bond donors (Lipinski definition) is 1. The van der Waals surface area contributed by atoms with Crippen molar-refractivity contribution in [2.75, 3.05) is 19.8 Å². The highest BCUT2D eigenvalue weighted by Gasteiger charge is 2.10. The van der Waals surface area contributed by atoms with E-state index < -0.39 is 6.10 Å². The van der Waals surface area contributed by atoms with Crippen LogP contribution in [0, 0.1) is 0 Å². The summed E-state index contributed by atoms with van der Waals surface area (Å²) in [4.78, 5) is 10.8. The van der Waals surface area contributed by atoms with Gasteiger partial charge in [0.2, 0.25) is 0 Å². The number of allylic oxidation sites excluding steroid dienone is 2. The van der Waals surface area contributed by atoms with Gasteiger partial charge in [-0.05, 0) is 32.1 Å². The lowest BCUT2D eigenvalue weighted by Crippen LogP contribution is -2.26. The third-order valence-corrected chi connectivity index (χ3v) is 4.64. The second-order valence-electron chi connectivity index (χ2n) is 7.43. The second kappa shape index (κ2) is 21.4. The molecule has 0 heterocycles. The average molecular weight is 385 g/mol. The van der Waals surface area contributed by atoms with Gasteiger partial charge in [-0.25, -0.2) is 0 Å². The van der Waals surface area contributed by atoms with E-state index in [2.05, 4.69) is 19.1 Å². The first-order valence-corrected chi connectivity index (χ1v) is 11.2. The van der Waals surface area contributed by atoms with Crippen LogP contribution in [0.3, 0.4) is 0 Å². The van der Waals surface area contributed by atoms with Crippen LogP contribution in [-0.2, 0) is 14.3 Å². The number of carbonyl (C=O) groups is 1. The number of carbonyl (C=O) groups excluding carboxylic acids is 1. The van der Waals surface area contributed by atoms with Crippen molar-refractivity contribution in [3.63, 3.8) is 0 Å². The predicted molar refractivity (Wildman–Crippen MR) is 113 cm³/mol. The molecule has 27 heavy (non-hydrogen) atoms. The first kappa shape index (κ1) is 26.1. The Balaban J connectivity index is 3.22. The van der Waals surface area contributed by atoms with Gasteiger partial charge in [0.15, 0.2) is 0 Å². The Morgan fingerprint density at radius 3 is 1.89 bits per heavy atom. The molecule has 4 nitrogen and oxygen atoms in total. The van der Waals surface area contributed by atoms with Gasteiger partial charge in [-0.15, -0.1) is 0 Å². The smallest absolute Gasteiger partial charge is 0.303 e. The van der Waals surface area contributed by atoms with Crippen molar-refractivity contribution in [2.45, 2.75) is 110 Å². The fourth-order valence-electron chi connectivity index (χ4n) is 3.03.